The molecule has 0 amide bonds. The van der Waals surface area contributed by atoms with Gasteiger partial charge in [-0.15, -0.1) is 0 Å². The smallest absolute Gasteiger partial charge is 0.0661 e. The normalized spacial score (nSPS) is 11.2. The van der Waals surface area contributed by atoms with Crippen molar-refractivity contribution >= 4 is 23.2 Å². The molecule has 0 atom stereocenters. The third-order valence-corrected chi connectivity index (χ3v) is 4.60. The predicted molar refractivity (Wildman–Crippen MR) is 103 cm³/mol. The quantitative estimate of drug-likeness (QED) is 0.570. The van der Waals surface area contributed by atoms with Crippen LogP contribution >= 0.6 is 23.2 Å². The molecule has 2 aromatic carbocycles. The largest absolute Gasteiger partial charge is 0.312 e. The van der Waals surface area contributed by atoms with Crippen molar-refractivity contribution < 1.29 is 0 Å². The van der Waals surface area contributed by atoms with Crippen LogP contribution in [0.3, 0.4) is 0 Å². The van der Waals surface area contributed by atoms with Crippen molar-refractivity contribution in [1.82, 2.24) is 9.47 Å². The van der Waals surface area contributed by atoms with Gasteiger partial charge in [0.15, 0.2) is 0 Å². The summed E-state index contributed by atoms with van der Waals surface area (Å²) >= 11 is 12.6. The van der Waals surface area contributed by atoms with Crippen molar-refractivity contribution in [1.29, 1.82) is 0 Å². The number of hydrogen-bond acceptors (Lipinski definition) is 1. The minimum absolute atomic E-state index is 0.642. The second-order valence-electron chi connectivity index (χ2n) is 6.18. The number of aromatic nitrogens is 1. The maximum absolute atomic E-state index is 6.49. The summed E-state index contributed by atoms with van der Waals surface area (Å²) in [4.78, 5) is 2.17. The molecule has 0 aliphatic rings. The van der Waals surface area contributed by atoms with E-state index in [0.717, 1.165) is 23.5 Å². The summed E-state index contributed by atoms with van der Waals surface area (Å²) < 4.78 is 2.22. The standard InChI is InChI=1S/C20H20Cl2N2/c1-14-16(13-23(2)3)11-20(15-7-5-4-6-8-15)24(14)19-10-9-17(21)12-18(19)22/h4-12H,13H2,1-3H3. The summed E-state index contributed by atoms with van der Waals surface area (Å²) in [5.74, 6) is 0. The van der Waals surface area contributed by atoms with Crippen LogP contribution in [0.4, 0.5) is 0 Å². The molecule has 0 aliphatic heterocycles. The van der Waals surface area contributed by atoms with Gasteiger partial charge in [-0.2, -0.15) is 0 Å². The van der Waals surface area contributed by atoms with E-state index in [1.807, 2.05) is 18.2 Å². The molecule has 4 heteroatoms. The van der Waals surface area contributed by atoms with Gasteiger partial charge in [0.05, 0.1) is 16.4 Å². The second kappa shape index (κ2) is 7.02. The summed E-state index contributed by atoms with van der Waals surface area (Å²) in [6.45, 7) is 3.01. The lowest BCUT2D eigenvalue weighted by Gasteiger charge is -2.15. The molecule has 24 heavy (non-hydrogen) atoms. The van der Waals surface area contributed by atoms with E-state index in [0.29, 0.717) is 10.0 Å². The molecule has 0 fully saturated rings. The van der Waals surface area contributed by atoms with Gasteiger partial charge >= 0.3 is 0 Å². The lowest BCUT2D eigenvalue weighted by Crippen LogP contribution is -2.11. The zero-order valence-electron chi connectivity index (χ0n) is 14.1. The van der Waals surface area contributed by atoms with E-state index in [1.54, 1.807) is 6.07 Å². The second-order valence-corrected chi connectivity index (χ2v) is 7.02. The van der Waals surface area contributed by atoms with Crippen molar-refractivity contribution in [2.75, 3.05) is 14.1 Å². The Hall–Kier alpha value is -1.74. The number of halogens is 2. The predicted octanol–water partition coefficient (Wildman–Crippen LogP) is 5.82. The molecular formula is C20H20Cl2N2. The lowest BCUT2D eigenvalue weighted by molar-refractivity contribution is 0.401. The van der Waals surface area contributed by atoms with Crippen LogP contribution in [0.25, 0.3) is 16.9 Å². The van der Waals surface area contributed by atoms with Gasteiger partial charge in [-0.3, -0.25) is 0 Å². The van der Waals surface area contributed by atoms with E-state index in [1.165, 1.54) is 11.3 Å². The Balaban J connectivity index is 2.24. The first-order valence-corrected chi connectivity index (χ1v) is 8.59. The highest BCUT2D eigenvalue weighted by atomic mass is 35.5. The van der Waals surface area contributed by atoms with E-state index < -0.39 is 0 Å². The Labute approximate surface area is 153 Å². The Bertz CT molecular complexity index is 852. The molecule has 1 aromatic heterocycles. The van der Waals surface area contributed by atoms with Gasteiger partial charge in [0.25, 0.3) is 0 Å². The van der Waals surface area contributed by atoms with Crippen molar-refractivity contribution in [3.63, 3.8) is 0 Å². The van der Waals surface area contributed by atoms with E-state index in [9.17, 15) is 0 Å². The van der Waals surface area contributed by atoms with E-state index in [2.05, 4.69) is 60.8 Å². The highest BCUT2D eigenvalue weighted by Crippen LogP contribution is 2.33. The fraction of sp³-hybridized carbons (Fsp3) is 0.200. The van der Waals surface area contributed by atoms with Crippen LogP contribution in [0.15, 0.2) is 54.6 Å². The summed E-state index contributed by atoms with van der Waals surface area (Å²) in [5.41, 5.74) is 5.71. The van der Waals surface area contributed by atoms with E-state index in [-0.39, 0.29) is 0 Å². The molecule has 2 nitrogen and oxygen atoms in total. The molecule has 0 saturated carbocycles. The van der Waals surface area contributed by atoms with Crippen molar-refractivity contribution in [3.05, 3.63) is 75.9 Å². The third-order valence-electron chi connectivity index (χ3n) is 4.06. The maximum atomic E-state index is 6.49. The fourth-order valence-corrected chi connectivity index (χ4v) is 3.45. The molecule has 0 spiro atoms. The minimum Gasteiger partial charge on any atom is -0.312 e. The van der Waals surface area contributed by atoms with E-state index in [4.69, 9.17) is 23.2 Å². The van der Waals surface area contributed by atoms with Gasteiger partial charge in [-0.25, -0.2) is 0 Å². The summed E-state index contributed by atoms with van der Waals surface area (Å²) in [6, 6.07) is 18.3. The highest BCUT2D eigenvalue weighted by Gasteiger charge is 2.17. The highest BCUT2D eigenvalue weighted by molar-refractivity contribution is 6.35. The van der Waals surface area contributed by atoms with Gasteiger partial charge < -0.3 is 9.47 Å². The van der Waals surface area contributed by atoms with Crippen LogP contribution in [-0.4, -0.2) is 23.6 Å². The third kappa shape index (κ3) is 3.36. The lowest BCUT2D eigenvalue weighted by atomic mass is 10.1. The van der Waals surface area contributed by atoms with Crippen molar-refractivity contribution in [3.8, 4) is 16.9 Å². The fourth-order valence-electron chi connectivity index (χ4n) is 2.95. The SMILES string of the molecule is Cc1c(CN(C)C)cc(-c2ccccc2)n1-c1ccc(Cl)cc1Cl. The average Bonchev–Trinajstić information content (AvgIpc) is 2.85. The summed E-state index contributed by atoms with van der Waals surface area (Å²) in [7, 11) is 4.16. The number of nitrogens with zero attached hydrogens (tertiary/aromatic N) is 2. The average molecular weight is 359 g/mol. The monoisotopic (exact) mass is 358 g/mol. The van der Waals surface area contributed by atoms with Crippen LogP contribution < -0.4 is 0 Å². The Morgan fingerprint density at radius 3 is 2.29 bits per heavy atom. The number of benzene rings is 2. The van der Waals surface area contributed by atoms with Crippen LogP contribution in [0.5, 0.6) is 0 Å². The molecule has 124 valence electrons. The van der Waals surface area contributed by atoms with Gasteiger partial charge in [0.1, 0.15) is 0 Å². The Morgan fingerprint density at radius 1 is 0.958 bits per heavy atom. The molecule has 0 radical (unpaired) electrons. The summed E-state index contributed by atoms with van der Waals surface area (Å²) in [6.07, 6.45) is 0. The first kappa shape index (κ1) is 17.1. The number of rotatable bonds is 4. The summed E-state index contributed by atoms with van der Waals surface area (Å²) in [5, 5.41) is 1.29. The Kier molecular flexibility index (Phi) is 5.00. The van der Waals surface area contributed by atoms with Crippen molar-refractivity contribution in [2.45, 2.75) is 13.5 Å². The van der Waals surface area contributed by atoms with Crippen LogP contribution in [0.2, 0.25) is 10.0 Å². The number of hydrogen-bond donors (Lipinski definition) is 0. The molecule has 0 bridgehead atoms. The molecule has 0 saturated heterocycles. The van der Waals surface area contributed by atoms with Crippen LogP contribution in [0, 0.1) is 6.92 Å². The molecule has 1 heterocycles. The molecule has 0 N–H and O–H groups in total. The minimum atomic E-state index is 0.642. The van der Waals surface area contributed by atoms with Gasteiger partial charge in [-0.1, -0.05) is 53.5 Å². The van der Waals surface area contributed by atoms with Gasteiger partial charge in [0.2, 0.25) is 0 Å². The first-order valence-electron chi connectivity index (χ1n) is 7.84. The zero-order valence-corrected chi connectivity index (χ0v) is 15.6. The molecular weight excluding hydrogens is 339 g/mol. The molecule has 3 aromatic rings. The van der Waals surface area contributed by atoms with Gasteiger partial charge in [-0.05, 0) is 56.4 Å². The van der Waals surface area contributed by atoms with Crippen molar-refractivity contribution in [2.24, 2.45) is 0 Å². The molecule has 0 aliphatic carbocycles. The van der Waals surface area contributed by atoms with Gasteiger partial charge in [0, 0.05) is 17.3 Å². The zero-order chi connectivity index (χ0) is 17.3. The molecule has 3 rings (SSSR count). The van der Waals surface area contributed by atoms with E-state index >= 15 is 0 Å². The Morgan fingerprint density at radius 2 is 1.67 bits per heavy atom. The molecule has 0 unspecified atom stereocenters. The van der Waals surface area contributed by atoms with Crippen LogP contribution in [0.1, 0.15) is 11.3 Å². The first-order chi connectivity index (χ1) is 11.5. The van der Waals surface area contributed by atoms with Crippen LogP contribution in [-0.2, 0) is 6.54 Å². The topological polar surface area (TPSA) is 8.17 Å². The maximum Gasteiger partial charge on any atom is 0.0661 e.